The van der Waals surface area contributed by atoms with Crippen LogP contribution in [0.4, 0.5) is 5.69 Å². The molecule has 0 saturated carbocycles. The molecule has 0 atom stereocenters. The Kier molecular flexibility index (Phi) is 5.05. The third kappa shape index (κ3) is 3.21. The summed E-state index contributed by atoms with van der Waals surface area (Å²) in [6, 6.07) is 8.30. The molecule has 0 radical (unpaired) electrons. The summed E-state index contributed by atoms with van der Waals surface area (Å²) in [4.78, 5) is 14.7. The van der Waals surface area contributed by atoms with E-state index in [0.717, 1.165) is 22.4 Å². The van der Waals surface area contributed by atoms with Gasteiger partial charge in [-0.15, -0.1) is 16.8 Å². The van der Waals surface area contributed by atoms with Gasteiger partial charge < -0.3 is 9.47 Å². The number of thioether (sulfide) groups is 1. The largest absolute Gasteiger partial charge is 0.347 e. The van der Waals surface area contributed by atoms with Crippen LogP contribution in [0, 0.1) is 6.92 Å². The highest BCUT2D eigenvalue weighted by atomic mass is 32.2. The van der Waals surface area contributed by atoms with E-state index in [9.17, 15) is 4.79 Å². The molecule has 1 aliphatic rings. The monoisotopic (exact) mass is 368 g/mol. The van der Waals surface area contributed by atoms with E-state index in [1.54, 1.807) is 12.2 Å². The van der Waals surface area contributed by atoms with Gasteiger partial charge in [0.05, 0.1) is 5.75 Å². The van der Waals surface area contributed by atoms with Crippen molar-refractivity contribution in [3.63, 3.8) is 0 Å². The average Bonchev–Trinajstić information content (AvgIpc) is 3.05. The fourth-order valence-electron chi connectivity index (χ4n) is 3.40. The van der Waals surface area contributed by atoms with Crippen LogP contribution in [-0.4, -0.2) is 33.3 Å². The first-order valence-electron chi connectivity index (χ1n) is 8.58. The highest BCUT2D eigenvalue weighted by Gasteiger charge is 2.38. The lowest BCUT2D eigenvalue weighted by Crippen LogP contribution is -2.24. The number of ketones is 1. The van der Waals surface area contributed by atoms with E-state index >= 15 is 0 Å². The lowest BCUT2D eigenvalue weighted by molar-refractivity contribution is -0.112. The molecule has 2 aromatic rings. The van der Waals surface area contributed by atoms with Crippen LogP contribution in [0.25, 0.3) is 0 Å². The number of nitrogens with zero attached hydrogens (tertiary/aromatic N) is 4. The van der Waals surface area contributed by atoms with E-state index in [1.807, 2.05) is 30.7 Å². The summed E-state index contributed by atoms with van der Waals surface area (Å²) in [6.45, 7) is 10.6. The normalized spacial score (nSPS) is 16.8. The maximum absolute atomic E-state index is 12.6. The molecule has 0 amide bonds. The number of fused-ring (bicyclic) bond motifs is 1. The number of anilines is 1. The molecule has 6 heteroatoms. The van der Waals surface area contributed by atoms with Crippen molar-refractivity contribution < 1.29 is 4.79 Å². The first-order valence-corrected chi connectivity index (χ1v) is 9.56. The molecule has 0 N–H and O–H groups in total. The molecule has 2 heterocycles. The topological polar surface area (TPSA) is 51.0 Å². The Morgan fingerprint density at radius 1 is 1.31 bits per heavy atom. The van der Waals surface area contributed by atoms with Gasteiger partial charge in [0.2, 0.25) is 0 Å². The second-order valence-corrected chi connectivity index (χ2v) is 7.86. The molecule has 0 aliphatic carbocycles. The van der Waals surface area contributed by atoms with Crippen LogP contribution in [0.3, 0.4) is 0 Å². The molecule has 0 unspecified atom stereocenters. The van der Waals surface area contributed by atoms with Crippen LogP contribution >= 0.6 is 11.8 Å². The van der Waals surface area contributed by atoms with Crippen molar-refractivity contribution in [3.8, 4) is 0 Å². The van der Waals surface area contributed by atoms with Crippen molar-refractivity contribution in [2.75, 3.05) is 17.7 Å². The summed E-state index contributed by atoms with van der Waals surface area (Å²) in [6.07, 6.45) is 3.57. The minimum Gasteiger partial charge on any atom is -0.347 e. The predicted octanol–water partition coefficient (Wildman–Crippen LogP) is 3.75. The van der Waals surface area contributed by atoms with Crippen molar-refractivity contribution in [2.45, 2.75) is 37.9 Å². The molecular formula is C20H24N4OS. The van der Waals surface area contributed by atoms with Crippen LogP contribution < -0.4 is 4.90 Å². The molecule has 0 bridgehead atoms. The lowest BCUT2D eigenvalue weighted by atomic mass is 9.83. The molecule has 1 aliphatic heterocycles. The van der Waals surface area contributed by atoms with Gasteiger partial charge in [0, 0.05) is 36.5 Å². The minimum absolute atomic E-state index is 0.0727. The van der Waals surface area contributed by atoms with Crippen LogP contribution in [0.15, 0.2) is 53.8 Å². The number of benzene rings is 1. The van der Waals surface area contributed by atoms with E-state index in [-0.39, 0.29) is 11.2 Å². The SMILES string of the molecule is C=CCn1c(C)nnc1SCC(=O)/C=C1\N(C)c2ccccc2C1(C)C. The van der Waals surface area contributed by atoms with Gasteiger partial charge in [0.1, 0.15) is 5.82 Å². The molecule has 136 valence electrons. The van der Waals surface area contributed by atoms with Gasteiger partial charge in [-0.05, 0) is 18.6 Å². The molecule has 1 aromatic heterocycles. The third-order valence-corrected chi connectivity index (χ3v) is 5.78. The van der Waals surface area contributed by atoms with Gasteiger partial charge in [-0.25, -0.2) is 0 Å². The van der Waals surface area contributed by atoms with Crippen molar-refractivity contribution >= 4 is 23.2 Å². The van der Waals surface area contributed by atoms with E-state index in [1.165, 1.54) is 17.3 Å². The number of aryl methyl sites for hydroxylation is 1. The quantitative estimate of drug-likeness (QED) is 0.442. The highest BCUT2D eigenvalue weighted by Crippen LogP contribution is 2.46. The van der Waals surface area contributed by atoms with Gasteiger partial charge >= 0.3 is 0 Å². The van der Waals surface area contributed by atoms with E-state index in [4.69, 9.17) is 0 Å². The average molecular weight is 369 g/mol. The zero-order chi connectivity index (χ0) is 18.9. The van der Waals surface area contributed by atoms with Crippen LogP contribution in [0.2, 0.25) is 0 Å². The number of hydrogen-bond acceptors (Lipinski definition) is 5. The Hall–Kier alpha value is -2.34. The van der Waals surface area contributed by atoms with Crippen molar-refractivity contribution in [1.29, 1.82) is 0 Å². The molecular weight excluding hydrogens is 344 g/mol. The molecule has 0 saturated heterocycles. The fraction of sp³-hybridized carbons (Fsp3) is 0.350. The number of para-hydroxylation sites is 1. The fourth-order valence-corrected chi connectivity index (χ4v) is 4.21. The lowest BCUT2D eigenvalue weighted by Gasteiger charge is -2.23. The molecule has 3 rings (SSSR count). The Balaban J connectivity index is 1.77. The van der Waals surface area contributed by atoms with E-state index < -0.39 is 0 Å². The van der Waals surface area contributed by atoms with Gasteiger partial charge in [-0.3, -0.25) is 4.79 Å². The van der Waals surface area contributed by atoms with E-state index in [0.29, 0.717) is 12.3 Å². The number of allylic oxidation sites excluding steroid dienone is 3. The van der Waals surface area contributed by atoms with Crippen LogP contribution in [0.5, 0.6) is 0 Å². The molecule has 0 spiro atoms. The Labute approximate surface area is 158 Å². The first-order chi connectivity index (χ1) is 12.4. The summed E-state index contributed by atoms with van der Waals surface area (Å²) >= 11 is 1.41. The highest BCUT2D eigenvalue weighted by molar-refractivity contribution is 7.99. The van der Waals surface area contributed by atoms with Crippen molar-refractivity contribution in [1.82, 2.24) is 14.8 Å². The predicted molar refractivity (Wildman–Crippen MR) is 107 cm³/mol. The number of carbonyl (C=O) groups is 1. The first kappa shape index (κ1) is 18.5. The Bertz CT molecular complexity index is 882. The number of likely N-dealkylation sites (N-methyl/N-ethyl adjacent to an activating group) is 1. The summed E-state index contributed by atoms with van der Waals surface area (Å²) < 4.78 is 1.96. The van der Waals surface area contributed by atoms with Gasteiger partial charge in [0.15, 0.2) is 10.9 Å². The molecule has 1 aromatic carbocycles. The van der Waals surface area contributed by atoms with Crippen molar-refractivity contribution in [2.24, 2.45) is 0 Å². The molecule has 26 heavy (non-hydrogen) atoms. The summed E-state index contributed by atoms with van der Waals surface area (Å²) in [5.74, 6) is 1.23. The summed E-state index contributed by atoms with van der Waals surface area (Å²) in [5, 5.41) is 8.99. The number of carbonyl (C=O) groups excluding carboxylic acids is 1. The summed E-state index contributed by atoms with van der Waals surface area (Å²) in [7, 11) is 2.02. The van der Waals surface area contributed by atoms with Crippen molar-refractivity contribution in [3.05, 3.63) is 60.1 Å². The van der Waals surface area contributed by atoms with Gasteiger partial charge in [-0.1, -0.05) is 49.9 Å². The molecule has 5 nitrogen and oxygen atoms in total. The minimum atomic E-state index is -0.189. The maximum atomic E-state index is 12.6. The number of hydrogen-bond donors (Lipinski definition) is 0. The Morgan fingerprint density at radius 3 is 2.73 bits per heavy atom. The van der Waals surface area contributed by atoms with Crippen LogP contribution in [-0.2, 0) is 16.8 Å². The molecule has 0 fully saturated rings. The summed E-state index contributed by atoms with van der Waals surface area (Å²) in [5.41, 5.74) is 3.24. The maximum Gasteiger partial charge on any atom is 0.191 e. The zero-order valence-corrected chi connectivity index (χ0v) is 16.5. The second kappa shape index (κ2) is 7.11. The Morgan fingerprint density at radius 2 is 2.04 bits per heavy atom. The van der Waals surface area contributed by atoms with E-state index in [2.05, 4.69) is 47.7 Å². The van der Waals surface area contributed by atoms with Gasteiger partial charge in [-0.2, -0.15) is 0 Å². The third-order valence-electron chi connectivity index (χ3n) is 4.80. The number of aromatic nitrogens is 3. The standard InChI is InChI=1S/C20H24N4OS/c1-6-11-24-14(2)21-22-19(24)26-13-15(25)12-18-20(3,4)16-9-7-8-10-17(16)23(18)5/h6-10,12H,1,11,13H2,2-5H3/b18-12-. The van der Waals surface area contributed by atoms with Crippen LogP contribution in [0.1, 0.15) is 25.2 Å². The zero-order valence-electron chi connectivity index (χ0n) is 15.7. The second-order valence-electron chi connectivity index (χ2n) is 6.91. The number of rotatable bonds is 6. The smallest absolute Gasteiger partial charge is 0.191 e. The van der Waals surface area contributed by atoms with Gasteiger partial charge in [0.25, 0.3) is 0 Å².